The van der Waals surface area contributed by atoms with Gasteiger partial charge in [-0.1, -0.05) is 38.1 Å². The monoisotopic (exact) mass is 254 g/mol. The third kappa shape index (κ3) is 5.56. The predicted molar refractivity (Wildman–Crippen MR) is 74.7 cm³/mol. The smallest absolute Gasteiger partial charge is 0.0585 e. The first-order valence-electron chi connectivity index (χ1n) is 6.35. The molecule has 1 atom stereocenters. The first-order chi connectivity index (χ1) is 8.13. The van der Waals surface area contributed by atoms with Gasteiger partial charge in [-0.15, -0.1) is 11.6 Å². The van der Waals surface area contributed by atoms with E-state index in [1.54, 1.807) is 7.11 Å². The minimum Gasteiger partial charge on any atom is -0.384 e. The van der Waals surface area contributed by atoms with Crippen LogP contribution in [0.3, 0.4) is 0 Å². The van der Waals surface area contributed by atoms with Crippen LogP contribution in [0.15, 0.2) is 24.3 Å². The number of hydrogen-bond donors (Lipinski definition) is 0. The summed E-state index contributed by atoms with van der Waals surface area (Å²) in [5, 5.41) is 0.147. The average molecular weight is 255 g/mol. The highest BCUT2D eigenvalue weighted by Gasteiger charge is 2.08. The third-order valence-corrected chi connectivity index (χ3v) is 3.40. The van der Waals surface area contributed by atoms with Crippen molar-refractivity contribution in [1.29, 1.82) is 0 Å². The molecule has 0 radical (unpaired) electrons. The van der Waals surface area contributed by atoms with Gasteiger partial charge < -0.3 is 4.74 Å². The second-order valence-corrected chi connectivity index (χ2v) is 5.45. The highest BCUT2D eigenvalue weighted by molar-refractivity contribution is 6.20. The first kappa shape index (κ1) is 14.5. The molecule has 0 spiro atoms. The number of halogens is 1. The molecule has 1 unspecified atom stereocenters. The van der Waals surface area contributed by atoms with E-state index in [2.05, 4.69) is 38.1 Å². The van der Waals surface area contributed by atoms with Gasteiger partial charge >= 0.3 is 0 Å². The van der Waals surface area contributed by atoms with Gasteiger partial charge in [-0.3, -0.25) is 0 Å². The molecule has 0 aliphatic rings. The van der Waals surface area contributed by atoms with Crippen LogP contribution in [0, 0.1) is 5.92 Å². The molecule has 0 bridgehead atoms. The fourth-order valence-corrected chi connectivity index (χ4v) is 2.03. The molecule has 0 saturated heterocycles. The molecule has 0 N–H and O–H groups in total. The molecule has 1 aromatic rings. The van der Waals surface area contributed by atoms with Crippen molar-refractivity contribution < 1.29 is 4.74 Å². The minimum atomic E-state index is 0.147. The summed E-state index contributed by atoms with van der Waals surface area (Å²) in [4.78, 5) is 0. The number of hydrogen-bond acceptors (Lipinski definition) is 1. The summed E-state index contributed by atoms with van der Waals surface area (Å²) in [5.74, 6) is 0.720. The zero-order valence-corrected chi connectivity index (χ0v) is 11.8. The van der Waals surface area contributed by atoms with Crippen molar-refractivity contribution in [3.63, 3.8) is 0 Å². The number of rotatable bonds is 7. The predicted octanol–water partition coefficient (Wildman–Crippen LogP) is 4.59. The van der Waals surface area contributed by atoms with Gasteiger partial charge in [0.1, 0.15) is 0 Å². The highest BCUT2D eigenvalue weighted by atomic mass is 35.5. The maximum absolute atomic E-state index is 6.38. The molecule has 0 amide bonds. The van der Waals surface area contributed by atoms with E-state index >= 15 is 0 Å². The Morgan fingerprint density at radius 3 is 2.29 bits per heavy atom. The van der Waals surface area contributed by atoms with Crippen molar-refractivity contribution in [3.8, 4) is 0 Å². The van der Waals surface area contributed by atoms with Crippen molar-refractivity contribution in [3.05, 3.63) is 35.4 Å². The molecule has 17 heavy (non-hydrogen) atoms. The second-order valence-electron chi connectivity index (χ2n) is 4.92. The molecule has 0 saturated carbocycles. The van der Waals surface area contributed by atoms with Crippen LogP contribution >= 0.6 is 11.6 Å². The third-order valence-electron chi connectivity index (χ3n) is 2.93. The number of methoxy groups -OCH3 is 1. The molecular formula is C15H23ClO. The highest BCUT2D eigenvalue weighted by Crippen LogP contribution is 2.27. The Morgan fingerprint density at radius 2 is 1.76 bits per heavy atom. The molecule has 2 heteroatoms. The Bertz CT molecular complexity index is 305. The Hall–Kier alpha value is -0.530. The number of alkyl halides is 1. The van der Waals surface area contributed by atoms with Gasteiger partial charge in [-0.05, 0) is 36.3 Å². The summed E-state index contributed by atoms with van der Waals surface area (Å²) in [6.45, 7) is 5.24. The van der Waals surface area contributed by atoms with Gasteiger partial charge in [0.15, 0.2) is 0 Å². The fraction of sp³-hybridized carbons (Fsp3) is 0.600. The summed E-state index contributed by atoms with van der Waals surface area (Å²) in [5.41, 5.74) is 2.54. The van der Waals surface area contributed by atoms with Gasteiger partial charge in [0.25, 0.3) is 0 Å². The number of ether oxygens (including phenoxy) is 1. The second kappa shape index (κ2) is 7.73. The van der Waals surface area contributed by atoms with Crippen molar-refractivity contribution >= 4 is 11.6 Å². The van der Waals surface area contributed by atoms with E-state index in [1.807, 2.05) is 0 Å². The molecule has 1 rings (SSSR count). The van der Waals surface area contributed by atoms with Crippen LogP contribution in [0.2, 0.25) is 0 Å². The standard InChI is InChI=1S/C15H23ClO/c1-12(2)4-9-15(16)14-7-5-13(6-8-14)10-11-17-3/h5-8,12,15H,4,9-11H2,1-3H3. The summed E-state index contributed by atoms with van der Waals surface area (Å²) < 4.78 is 5.06. The lowest BCUT2D eigenvalue weighted by Gasteiger charge is -2.12. The van der Waals surface area contributed by atoms with Gasteiger partial charge in [-0.2, -0.15) is 0 Å². The van der Waals surface area contributed by atoms with Crippen molar-refractivity contribution in [2.24, 2.45) is 5.92 Å². The topological polar surface area (TPSA) is 9.23 Å². The van der Waals surface area contributed by atoms with Crippen molar-refractivity contribution in [2.75, 3.05) is 13.7 Å². The molecule has 0 aliphatic heterocycles. The Morgan fingerprint density at radius 1 is 1.12 bits per heavy atom. The Labute approximate surface area is 110 Å². The number of benzene rings is 1. The summed E-state index contributed by atoms with van der Waals surface area (Å²) >= 11 is 6.38. The quantitative estimate of drug-likeness (QED) is 0.647. The van der Waals surface area contributed by atoms with Crippen molar-refractivity contribution in [1.82, 2.24) is 0 Å². The SMILES string of the molecule is COCCc1ccc(C(Cl)CCC(C)C)cc1. The maximum Gasteiger partial charge on any atom is 0.0585 e. The summed E-state index contributed by atoms with van der Waals surface area (Å²) in [6, 6.07) is 8.59. The largest absolute Gasteiger partial charge is 0.384 e. The lowest BCUT2D eigenvalue weighted by Crippen LogP contribution is -1.97. The van der Waals surface area contributed by atoms with Crippen LogP contribution < -0.4 is 0 Å². The Kier molecular flexibility index (Phi) is 6.61. The molecule has 0 aliphatic carbocycles. The lowest BCUT2D eigenvalue weighted by molar-refractivity contribution is 0.202. The van der Waals surface area contributed by atoms with Gasteiger partial charge in [0, 0.05) is 7.11 Å². The first-order valence-corrected chi connectivity index (χ1v) is 6.79. The van der Waals surface area contributed by atoms with E-state index in [0.717, 1.165) is 25.4 Å². The Balaban J connectivity index is 2.48. The molecule has 0 aromatic heterocycles. The molecular weight excluding hydrogens is 232 g/mol. The molecule has 1 nitrogen and oxygen atoms in total. The van der Waals surface area contributed by atoms with Gasteiger partial charge in [0.05, 0.1) is 12.0 Å². The van der Waals surface area contributed by atoms with E-state index in [-0.39, 0.29) is 5.38 Å². The van der Waals surface area contributed by atoms with E-state index in [9.17, 15) is 0 Å². The molecule has 0 heterocycles. The maximum atomic E-state index is 6.38. The lowest BCUT2D eigenvalue weighted by atomic mass is 10.0. The van der Waals surface area contributed by atoms with Crippen LogP contribution in [-0.4, -0.2) is 13.7 Å². The van der Waals surface area contributed by atoms with Crippen LogP contribution in [-0.2, 0) is 11.2 Å². The van der Waals surface area contributed by atoms with E-state index in [0.29, 0.717) is 0 Å². The zero-order chi connectivity index (χ0) is 12.7. The van der Waals surface area contributed by atoms with E-state index in [4.69, 9.17) is 16.3 Å². The van der Waals surface area contributed by atoms with E-state index in [1.165, 1.54) is 17.5 Å². The summed E-state index contributed by atoms with van der Waals surface area (Å²) in [6.07, 6.45) is 3.20. The summed E-state index contributed by atoms with van der Waals surface area (Å²) in [7, 11) is 1.73. The zero-order valence-electron chi connectivity index (χ0n) is 11.1. The van der Waals surface area contributed by atoms with Gasteiger partial charge in [0.2, 0.25) is 0 Å². The van der Waals surface area contributed by atoms with Crippen LogP contribution in [0.25, 0.3) is 0 Å². The minimum absolute atomic E-state index is 0.147. The fourth-order valence-electron chi connectivity index (χ4n) is 1.76. The average Bonchev–Trinajstić information content (AvgIpc) is 2.34. The normalized spacial score (nSPS) is 13.0. The van der Waals surface area contributed by atoms with Crippen LogP contribution in [0.5, 0.6) is 0 Å². The molecule has 0 fully saturated rings. The van der Waals surface area contributed by atoms with E-state index < -0.39 is 0 Å². The van der Waals surface area contributed by atoms with Crippen LogP contribution in [0.4, 0.5) is 0 Å². The van der Waals surface area contributed by atoms with Crippen LogP contribution in [0.1, 0.15) is 43.2 Å². The molecule has 96 valence electrons. The van der Waals surface area contributed by atoms with Crippen molar-refractivity contribution in [2.45, 2.75) is 38.5 Å². The molecule has 1 aromatic carbocycles. The van der Waals surface area contributed by atoms with Gasteiger partial charge in [-0.25, -0.2) is 0 Å².